The van der Waals surface area contributed by atoms with Crippen molar-refractivity contribution in [1.29, 1.82) is 0 Å². The number of aromatic amines is 1. The average molecular weight is 399 g/mol. The van der Waals surface area contributed by atoms with Crippen molar-refractivity contribution in [3.8, 4) is 0 Å². The molecule has 2 aliphatic rings. The van der Waals surface area contributed by atoms with Gasteiger partial charge in [0.25, 0.3) is 0 Å². The second-order valence-electron chi connectivity index (χ2n) is 8.83. The van der Waals surface area contributed by atoms with Gasteiger partial charge in [0.1, 0.15) is 11.4 Å². The third kappa shape index (κ3) is 5.36. The van der Waals surface area contributed by atoms with Crippen molar-refractivity contribution in [2.45, 2.75) is 51.6 Å². The highest BCUT2D eigenvalue weighted by atomic mass is 16.6. The van der Waals surface area contributed by atoms with Crippen LogP contribution in [0.25, 0.3) is 0 Å². The van der Waals surface area contributed by atoms with Gasteiger partial charge in [0, 0.05) is 43.5 Å². The van der Waals surface area contributed by atoms with Gasteiger partial charge in [-0.05, 0) is 52.0 Å². The minimum Gasteiger partial charge on any atom is -0.444 e. The highest BCUT2D eigenvalue weighted by Crippen LogP contribution is 2.39. The summed E-state index contributed by atoms with van der Waals surface area (Å²) in [6.07, 6.45) is 4.82. The monoisotopic (exact) mass is 399 g/mol. The lowest BCUT2D eigenvalue weighted by molar-refractivity contribution is 0.0520. The van der Waals surface area contributed by atoms with E-state index >= 15 is 0 Å². The molecule has 2 aromatic heterocycles. The maximum absolute atomic E-state index is 11.8. The Bertz CT molecular complexity index is 857. The lowest BCUT2D eigenvalue weighted by Crippen LogP contribution is -2.36. The molecule has 3 heterocycles. The molecule has 0 bridgehead atoms. The van der Waals surface area contributed by atoms with Crippen LogP contribution in [0.5, 0.6) is 0 Å². The molecule has 4 rings (SSSR count). The van der Waals surface area contributed by atoms with Crippen molar-refractivity contribution in [2.24, 2.45) is 5.92 Å². The summed E-state index contributed by atoms with van der Waals surface area (Å²) in [5, 5.41) is 13.5. The summed E-state index contributed by atoms with van der Waals surface area (Å²) in [6.45, 7) is 7.82. The standard InChI is InChI=1S/C20H29N7O2/c1-20(2,3)29-19(28)22-11-13-7-9-27(12-13)18-21-8-6-16(24-18)23-17-10-15(25-26-17)14-4-5-14/h6,8,10,13-14H,4-5,7,9,11-12H2,1-3H3,(H,22,28)(H2,21,23,24,25,26)/t13-/m0/s1. The highest BCUT2D eigenvalue weighted by molar-refractivity contribution is 5.67. The number of amides is 1. The van der Waals surface area contributed by atoms with Gasteiger partial charge in [-0.25, -0.2) is 9.78 Å². The summed E-state index contributed by atoms with van der Waals surface area (Å²) in [7, 11) is 0. The predicted octanol–water partition coefficient (Wildman–Crippen LogP) is 3.17. The zero-order valence-corrected chi connectivity index (χ0v) is 17.2. The molecule has 2 fully saturated rings. The largest absolute Gasteiger partial charge is 0.444 e. The van der Waals surface area contributed by atoms with Crippen molar-refractivity contribution >= 4 is 23.7 Å². The third-order valence-corrected chi connectivity index (χ3v) is 5.02. The van der Waals surface area contributed by atoms with Crippen LogP contribution in [0.1, 0.15) is 51.6 Å². The molecule has 2 aromatic rings. The number of aromatic nitrogens is 4. The number of hydrogen-bond acceptors (Lipinski definition) is 7. The Labute approximate surface area is 170 Å². The zero-order valence-electron chi connectivity index (χ0n) is 17.2. The second kappa shape index (κ2) is 7.88. The Kier molecular flexibility index (Phi) is 5.29. The molecule has 0 unspecified atom stereocenters. The van der Waals surface area contributed by atoms with E-state index in [1.165, 1.54) is 18.5 Å². The van der Waals surface area contributed by atoms with E-state index in [2.05, 4.69) is 35.7 Å². The van der Waals surface area contributed by atoms with Gasteiger partial charge in [0.15, 0.2) is 5.82 Å². The Balaban J connectivity index is 1.30. The maximum atomic E-state index is 11.8. The highest BCUT2D eigenvalue weighted by Gasteiger charge is 2.27. The number of ether oxygens (including phenoxy) is 1. The zero-order chi connectivity index (χ0) is 20.4. The van der Waals surface area contributed by atoms with E-state index in [0.717, 1.165) is 31.1 Å². The first-order chi connectivity index (χ1) is 13.9. The maximum Gasteiger partial charge on any atom is 0.407 e. The molecule has 1 saturated heterocycles. The van der Waals surface area contributed by atoms with Gasteiger partial charge in [0.2, 0.25) is 5.95 Å². The Hall–Kier alpha value is -2.84. The van der Waals surface area contributed by atoms with Crippen LogP contribution >= 0.6 is 0 Å². The molecular weight excluding hydrogens is 370 g/mol. The fraction of sp³-hybridized carbons (Fsp3) is 0.600. The molecule has 0 radical (unpaired) electrons. The Morgan fingerprint density at radius 2 is 2.14 bits per heavy atom. The molecule has 9 heteroatoms. The van der Waals surface area contributed by atoms with Crippen molar-refractivity contribution < 1.29 is 9.53 Å². The van der Waals surface area contributed by atoms with Crippen LogP contribution in [0.15, 0.2) is 18.3 Å². The lowest BCUT2D eigenvalue weighted by atomic mass is 10.1. The first-order valence-corrected chi connectivity index (χ1v) is 10.2. The number of carbonyl (C=O) groups excluding carboxylic acids is 1. The van der Waals surface area contributed by atoms with Gasteiger partial charge in [0.05, 0.1) is 0 Å². The molecular formula is C20H29N7O2. The van der Waals surface area contributed by atoms with Gasteiger partial charge in [-0.3, -0.25) is 5.10 Å². The number of nitrogens with zero attached hydrogens (tertiary/aromatic N) is 4. The number of hydrogen-bond donors (Lipinski definition) is 3. The topological polar surface area (TPSA) is 108 Å². The summed E-state index contributed by atoms with van der Waals surface area (Å²) in [4.78, 5) is 23.0. The SMILES string of the molecule is CC(C)(C)OC(=O)NC[C@@H]1CCN(c2nccc(Nc3cc(C4CC4)[nH]n3)n2)C1. The summed E-state index contributed by atoms with van der Waals surface area (Å²) >= 11 is 0. The summed E-state index contributed by atoms with van der Waals surface area (Å²) in [5.41, 5.74) is 0.697. The molecule has 1 atom stereocenters. The van der Waals surface area contributed by atoms with Crippen LogP contribution in [0.3, 0.4) is 0 Å². The second-order valence-corrected chi connectivity index (χ2v) is 8.83. The van der Waals surface area contributed by atoms with Crippen molar-refractivity contribution in [3.05, 3.63) is 24.0 Å². The quantitative estimate of drug-likeness (QED) is 0.685. The summed E-state index contributed by atoms with van der Waals surface area (Å²) in [5.74, 6) is 3.16. The van der Waals surface area contributed by atoms with Gasteiger partial charge < -0.3 is 20.3 Å². The van der Waals surface area contributed by atoms with Crippen molar-refractivity contribution in [2.75, 3.05) is 29.9 Å². The molecule has 29 heavy (non-hydrogen) atoms. The summed E-state index contributed by atoms with van der Waals surface area (Å²) in [6, 6.07) is 3.89. The molecule has 156 valence electrons. The van der Waals surface area contributed by atoms with E-state index in [4.69, 9.17) is 4.74 Å². The van der Waals surface area contributed by atoms with Gasteiger partial charge in [-0.15, -0.1) is 0 Å². The first-order valence-electron chi connectivity index (χ1n) is 10.2. The van der Waals surface area contributed by atoms with Gasteiger partial charge in [-0.2, -0.15) is 10.1 Å². The van der Waals surface area contributed by atoms with Crippen LogP contribution < -0.4 is 15.5 Å². The fourth-order valence-corrected chi connectivity index (χ4v) is 3.43. The van der Waals surface area contributed by atoms with E-state index < -0.39 is 5.60 Å². The molecule has 1 amide bonds. The number of nitrogens with one attached hydrogen (secondary N) is 3. The van der Waals surface area contributed by atoms with Gasteiger partial charge >= 0.3 is 6.09 Å². The van der Waals surface area contributed by atoms with Crippen LogP contribution in [-0.4, -0.2) is 51.5 Å². The number of alkyl carbamates (subject to hydrolysis) is 1. The van der Waals surface area contributed by atoms with Gasteiger partial charge in [-0.1, -0.05) is 0 Å². The summed E-state index contributed by atoms with van der Waals surface area (Å²) < 4.78 is 5.30. The third-order valence-electron chi connectivity index (χ3n) is 5.02. The minimum atomic E-state index is -0.485. The number of anilines is 3. The van der Waals surface area contributed by atoms with E-state index in [-0.39, 0.29) is 6.09 Å². The molecule has 1 aliphatic carbocycles. The molecule has 0 spiro atoms. The van der Waals surface area contributed by atoms with Crippen LogP contribution in [0.2, 0.25) is 0 Å². The van der Waals surface area contributed by atoms with Crippen molar-refractivity contribution in [1.82, 2.24) is 25.5 Å². The van der Waals surface area contributed by atoms with E-state index in [1.54, 1.807) is 6.20 Å². The smallest absolute Gasteiger partial charge is 0.407 e. The average Bonchev–Trinajstić information content (AvgIpc) is 3.21. The Morgan fingerprint density at radius 1 is 1.31 bits per heavy atom. The Morgan fingerprint density at radius 3 is 2.90 bits per heavy atom. The van der Waals surface area contributed by atoms with Crippen molar-refractivity contribution in [3.63, 3.8) is 0 Å². The first kappa shape index (κ1) is 19.5. The van der Waals surface area contributed by atoms with Crippen LogP contribution in [-0.2, 0) is 4.74 Å². The number of H-pyrrole nitrogens is 1. The molecule has 1 aliphatic heterocycles. The molecule has 3 N–H and O–H groups in total. The fourth-order valence-electron chi connectivity index (χ4n) is 3.43. The predicted molar refractivity (Wildman–Crippen MR) is 110 cm³/mol. The lowest BCUT2D eigenvalue weighted by Gasteiger charge is -2.21. The molecule has 1 saturated carbocycles. The molecule has 9 nitrogen and oxygen atoms in total. The normalized spacial score (nSPS) is 19.3. The van der Waals surface area contributed by atoms with E-state index in [9.17, 15) is 4.79 Å². The van der Waals surface area contributed by atoms with Crippen LogP contribution in [0.4, 0.5) is 22.4 Å². The number of carbonyl (C=O) groups is 1. The van der Waals surface area contributed by atoms with E-state index in [1.807, 2.05) is 32.9 Å². The number of rotatable bonds is 6. The molecule has 0 aromatic carbocycles. The van der Waals surface area contributed by atoms with Crippen LogP contribution in [0, 0.1) is 5.92 Å². The minimum absolute atomic E-state index is 0.343. The van der Waals surface area contributed by atoms with E-state index in [0.29, 0.717) is 24.3 Å².